The van der Waals surface area contributed by atoms with Gasteiger partial charge in [0.05, 0.1) is 5.69 Å². The van der Waals surface area contributed by atoms with Gasteiger partial charge in [0.25, 0.3) is 0 Å². The quantitative estimate of drug-likeness (QED) is 0.445. The summed E-state index contributed by atoms with van der Waals surface area (Å²) in [4.78, 5) is 17.8. The molecule has 0 bridgehead atoms. The normalized spacial score (nSPS) is 15.8. The van der Waals surface area contributed by atoms with Crippen molar-refractivity contribution >= 4 is 17.3 Å². The Hall–Kier alpha value is -0.343. The number of rotatable bonds is 1. The van der Waals surface area contributed by atoms with Gasteiger partial charge in [-0.3, -0.25) is 0 Å². The van der Waals surface area contributed by atoms with E-state index in [2.05, 4.69) is 9.88 Å². The Kier molecular flexibility index (Phi) is 3.73. The molecular formula is C8H9LiN2O2S. The molecule has 0 fully saturated rings. The monoisotopic (exact) mass is 204 g/mol. The Morgan fingerprint density at radius 3 is 3.00 bits per heavy atom. The molecule has 6 heteroatoms. The van der Waals surface area contributed by atoms with Gasteiger partial charge >= 0.3 is 18.9 Å². The average molecular weight is 204 g/mol. The van der Waals surface area contributed by atoms with Crippen molar-refractivity contribution in [3.8, 4) is 0 Å². The van der Waals surface area contributed by atoms with E-state index in [-0.39, 0.29) is 23.9 Å². The molecule has 0 aliphatic carbocycles. The van der Waals surface area contributed by atoms with Crippen LogP contribution < -0.4 is 24.0 Å². The van der Waals surface area contributed by atoms with Crippen molar-refractivity contribution in [2.45, 2.75) is 13.0 Å². The summed E-state index contributed by atoms with van der Waals surface area (Å²) in [7, 11) is 2.00. The van der Waals surface area contributed by atoms with Crippen molar-refractivity contribution in [1.29, 1.82) is 0 Å². The number of hydrogen-bond acceptors (Lipinski definition) is 5. The van der Waals surface area contributed by atoms with Crippen LogP contribution in [0.5, 0.6) is 0 Å². The number of carboxylic acid groups (broad SMARTS) is 1. The topological polar surface area (TPSA) is 56.3 Å². The van der Waals surface area contributed by atoms with Gasteiger partial charge < -0.3 is 14.8 Å². The van der Waals surface area contributed by atoms with Crippen molar-refractivity contribution < 1.29 is 28.8 Å². The molecule has 0 N–H and O–H groups in total. The number of likely N-dealkylation sites (N-methyl/N-ethyl adjacent to an activating group) is 1. The van der Waals surface area contributed by atoms with Gasteiger partial charge in [0.1, 0.15) is 11.0 Å². The van der Waals surface area contributed by atoms with E-state index in [1.807, 2.05) is 7.05 Å². The first-order chi connectivity index (χ1) is 6.16. The molecule has 0 spiro atoms. The Morgan fingerprint density at radius 2 is 2.36 bits per heavy atom. The summed E-state index contributed by atoms with van der Waals surface area (Å²) in [5.41, 5.74) is 0.901. The number of aromatic nitrogens is 1. The summed E-state index contributed by atoms with van der Waals surface area (Å²) >= 11 is 1.25. The second kappa shape index (κ2) is 4.45. The summed E-state index contributed by atoms with van der Waals surface area (Å²) in [6.45, 7) is 1.72. The minimum Gasteiger partial charge on any atom is -0.542 e. The number of hydrogen-bond donors (Lipinski definition) is 0. The maximum atomic E-state index is 10.5. The van der Waals surface area contributed by atoms with E-state index in [1.165, 1.54) is 11.3 Å². The zero-order valence-corrected chi connectivity index (χ0v) is 9.06. The van der Waals surface area contributed by atoms with Crippen LogP contribution in [0.1, 0.15) is 20.4 Å². The van der Waals surface area contributed by atoms with Crippen LogP contribution in [0, 0.1) is 0 Å². The Labute approximate surface area is 98.1 Å². The van der Waals surface area contributed by atoms with Gasteiger partial charge in [-0.15, -0.1) is 11.3 Å². The maximum absolute atomic E-state index is 10.5. The van der Waals surface area contributed by atoms with Crippen LogP contribution in [0.25, 0.3) is 0 Å². The number of carbonyl (C=O) groups is 1. The fourth-order valence-corrected chi connectivity index (χ4v) is 2.31. The van der Waals surface area contributed by atoms with Crippen LogP contribution in [0.3, 0.4) is 0 Å². The number of carboxylic acids is 1. The number of thiazole rings is 1. The molecule has 1 aromatic heterocycles. The Morgan fingerprint density at radius 1 is 1.64 bits per heavy atom. The third-order valence-corrected chi connectivity index (χ3v) is 3.23. The summed E-state index contributed by atoms with van der Waals surface area (Å²) in [5.74, 6) is -1.16. The van der Waals surface area contributed by atoms with Gasteiger partial charge in [-0.1, -0.05) is 0 Å². The average Bonchev–Trinajstić information content (AvgIpc) is 2.46. The second-order valence-corrected chi connectivity index (χ2v) is 4.25. The van der Waals surface area contributed by atoms with Crippen LogP contribution in [-0.2, 0) is 13.0 Å². The van der Waals surface area contributed by atoms with Crippen molar-refractivity contribution in [3.05, 3.63) is 15.6 Å². The first kappa shape index (κ1) is 11.7. The zero-order valence-electron chi connectivity index (χ0n) is 8.24. The van der Waals surface area contributed by atoms with Gasteiger partial charge in [-0.05, 0) is 13.5 Å². The molecule has 0 unspecified atom stereocenters. The molecule has 0 radical (unpaired) electrons. The largest absolute Gasteiger partial charge is 1.00 e. The van der Waals surface area contributed by atoms with Gasteiger partial charge in [-0.2, -0.15) is 0 Å². The predicted octanol–water partition coefficient (Wildman–Crippen LogP) is -3.50. The predicted molar refractivity (Wildman–Crippen MR) is 46.5 cm³/mol. The molecule has 0 atom stereocenters. The molecule has 0 saturated heterocycles. The van der Waals surface area contributed by atoms with Crippen LogP contribution in [0.2, 0.25) is 0 Å². The Balaban J connectivity index is 0.000000980. The van der Waals surface area contributed by atoms with Crippen LogP contribution in [-0.4, -0.2) is 29.4 Å². The van der Waals surface area contributed by atoms with Gasteiger partial charge in [-0.25, -0.2) is 4.98 Å². The fourth-order valence-electron chi connectivity index (χ4n) is 1.42. The van der Waals surface area contributed by atoms with Crippen molar-refractivity contribution in [2.24, 2.45) is 0 Å². The van der Waals surface area contributed by atoms with Crippen LogP contribution >= 0.6 is 11.3 Å². The molecule has 2 heterocycles. The smallest absolute Gasteiger partial charge is 0.542 e. The maximum Gasteiger partial charge on any atom is 1.00 e. The number of aromatic carboxylic acids is 1. The molecular weight excluding hydrogens is 195 g/mol. The van der Waals surface area contributed by atoms with Crippen LogP contribution in [0.15, 0.2) is 0 Å². The molecule has 0 saturated carbocycles. The summed E-state index contributed by atoms with van der Waals surface area (Å²) < 4.78 is 0. The standard InChI is InChI=1S/C8H10N2O2S.Li/c1-10-3-2-6-5(4-10)9-7(13-6)8(11)12;/h2-4H2,1H3,(H,11,12);/q;+1/p-1. The molecule has 0 aromatic carbocycles. The van der Waals surface area contributed by atoms with Crippen molar-refractivity contribution in [2.75, 3.05) is 13.6 Å². The molecule has 4 nitrogen and oxygen atoms in total. The molecule has 1 aliphatic heterocycles. The van der Waals surface area contributed by atoms with E-state index in [0.717, 1.165) is 30.1 Å². The molecule has 1 aromatic rings. The van der Waals surface area contributed by atoms with E-state index in [4.69, 9.17) is 0 Å². The Bertz CT molecular complexity index is 353. The second-order valence-electron chi connectivity index (χ2n) is 3.16. The first-order valence-corrected chi connectivity index (χ1v) is 4.87. The summed E-state index contributed by atoms with van der Waals surface area (Å²) in [6.07, 6.45) is 0.900. The van der Waals surface area contributed by atoms with E-state index >= 15 is 0 Å². The zero-order chi connectivity index (χ0) is 9.42. The molecule has 2 rings (SSSR count). The third kappa shape index (κ3) is 2.18. The summed E-state index contributed by atoms with van der Waals surface area (Å²) in [5, 5.41) is 10.6. The van der Waals surface area contributed by atoms with Gasteiger partial charge in [0.15, 0.2) is 0 Å². The number of nitrogens with zero attached hydrogens (tertiary/aromatic N) is 2. The van der Waals surface area contributed by atoms with Crippen LogP contribution in [0.4, 0.5) is 0 Å². The third-order valence-electron chi connectivity index (χ3n) is 2.09. The van der Waals surface area contributed by atoms with Gasteiger partial charge in [0, 0.05) is 18.0 Å². The van der Waals surface area contributed by atoms with E-state index in [9.17, 15) is 9.90 Å². The SMILES string of the molecule is CN1CCc2sc(C(=O)[O-])nc2C1.[Li+]. The van der Waals surface area contributed by atoms with E-state index in [0.29, 0.717) is 0 Å². The summed E-state index contributed by atoms with van der Waals surface area (Å²) in [6, 6.07) is 0. The van der Waals surface area contributed by atoms with Crippen molar-refractivity contribution in [3.63, 3.8) is 0 Å². The van der Waals surface area contributed by atoms with Crippen molar-refractivity contribution in [1.82, 2.24) is 9.88 Å². The van der Waals surface area contributed by atoms with Gasteiger partial charge in [0.2, 0.25) is 0 Å². The minimum absolute atomic E-state index is 0. The number of fused-ring (bicyclic) bond motifs is 1. The number of carbonyl (C=O) groups excluding carboxylic acids is 1. The fraction of sp³-hybridized carbons (Fsp3) is 0.500. The minimum atomic E-state index is -1.16. The van der Waals surface area contributed by atoms with E-state index in [1.54, 1.807) is 0 Å². The molecule has 14 heavy (non-hydrogen) atoms. The molecule has 70 valence electrons. The molecule has 0 amide bonds. The first-order valence-electron chi connectivity index (χ1n) is 4.05. The molecule has 1 aliphatic rings. The van der Waals surface area contributed by atoms with E-state index < -0.39 is 5.97 Å².